The number of aliphatic imine (C=N–C) groups is 1. The third-order valence-corrected chi connectivity index (χ3v) is 7.07. The summed E-state index contributed by atoms with van der Waals surface area (Å²) in [7, 11) is -1.26. The van der Waals surface area contributed by atoms with E-state index in [0.29, 0.717) is 11.8 Å². The molecule has 0 bridgehead atoms. The number of rotatable bonds is 4. The summed E-state index contributed by atoms with van der Waals surface area (Å²) in [5.74, 6) is 4.36. The molecule has 2 rings (SSSR count). The maximum absolute atomic E-state index is 6.19. The maximum Gasteiger partial charge on any atom is 0.269 e. The molecule has 1 saturated carbocycles. The summed E-state index contributed by atoms with van der Waals surface area (Å²) in [6.07, 6.45) is 6.70. The van der Waals surface area contributed by atoms with E-state index >= 15 is 0 Å². The summed E-state index contributed by atoms with van der Waals surface area (Å²) in [6.45, 7) is 9.06. The zero-order chi connectivity index (χ0) is 17.4. The molecule has 0 saturated heterocycles. The standard InChI is InChI=1S/C20H29NOSSi/c1-17(18-11-7-5-8-12-18)22-20(15-16-23-24(2,3)4)21-19-13-9-6-10-14-19/h6,9-10,13-14,17-18H,5,7-8,11-12H2,1-4H3. The van der Waals surface area contributed by atoms with Gasteiger partial charge in [-0.2, -0.15) is 0 Å². The Bertz CT molecular complexity index is 592. The van der Waals surface area contributed by atoms with Gasteiger partial charge in [-0.3, -0.25) is 0 Å². The van der Waals surface area contributed by atoms with Crippen LogP contribution in [-0.2, 0) is 4.74 Å². The van der Waals surface area contributed by atoms with Gasteiger partial charge in [0.25, 0.3) is 5.90 Å². The van der Waals surface area contributed by atoms with Crippen molar-refractivity contribution >= 4 is 30.0 Å². The molecule has 0 N–H and O–H groups in total. The second-order valence-corrected chi connectivity index (χ2v) is 16.3. The van der Waals surface area contributed by atoms with Gasteiger partial charge in [0.1, 0.15) is 13.3 Å². The Labute approximate surface area is 152 Å². The number of ether oxygens (including phenoxy) is 1. The number of hydrogen-bond acceptors (Lipinski definition) is 3. The van der Waals surface area contributed by atoms with E-state index in [4.69, 9.17) is 4.74 Å². The number of benzene rings is 1. The van der Waals surface area contributed by atoms with Crippen molar-refractivity contribution < 1.29 is 4.74 Å². The minimum atomic E-state index is -1.26. The van der Waals surface area contributed by atoms with Crippen molar-refractivity contribution in [3.63, 3.8) is 0 Å². The van der Waals surface area contributed by atoms with Crippen molar-refractivity contribution in [1.29, 1.82) is 0 Å². The van der Waals surface area contributed by atoms with E-state index in [1.165, 1.54) is 32.1 Å². The van der Waals surface area contributed by atoms with Crippen molar-refractivity contribution in [1.82, 2.24) is 0 Å². The predicted octanol–water partition coefficient (Wildman–Crippen LogP) is 6.23. The summed E-state index contributed by atoms with van der Waals surface area (Å²) in [5, 5.41) is 3.23. The van der Waals surface area contributed by atoms with Crippen LogP contribution in [0.25, 0.3) is 0 Å². The fourth-order valence-electron chi connectivity index (χ4n) is 2.80. The summed E-state index contributed by atoms with van der Waals surface area (Å²) in [5.41, 5.74) is 0.899. The summed E-state index contributed by atoms with van der Waals surface area (Å²) in [6, 6.07) is 9.96. The second kappa shape index (κ2) is 9.34. The average Bonchev–Trinajstić information content (AvgIpc) is 2.55. The first-order valence-corrected chi connectivity index (χ1v) is 14.0. The summed E-state index contributed by atoms with van der Waals surface area (Å²) >= 11 is 1.75. The van der Waals surface area contributed by atoms with Crippen LogP contribution in [0.15, 0.2) is 35.3 Å². The molecule has 1 aromatic rings. The lowest BCUT2D eigenvalue weighted by Crippen LogP contribution is -2.25. The highest BCUT2D eigenvalue weighted by molar-refractivity contribution is 8.32. The van der Waals surface area contributed by atoms with Crippen LogP contribution in [-0.4, -0.2) is 19.2 Å². The largest absolute Gasteiger partial charge is 0.468 e. The van der Waals surface area contributed by atoms with Gasteiger partial charge < -0.3 is 4.74 Å². The van der Waals surface area contributed by atoms with Gasteiger partial charge in [0, 0.05) is 5.92 Å². The van der Waals surface area contributed by atoms with E-state index in [-0.39, 0.29) is 6.10 Å². The fourth-order valence-corrected chi connectivity index (χ4v) is 4.32. The van der Waals surface area contributed by atoms with E-state index in [2.05, 4.69) is 42.7 Å². The highest BCUT2D eigenvalue weighted by Gasteiger charge is 2.22. The van der Waals surface area contributed by atoms with E-state index in [9.17, 15) is 0 Å². The van der Waals surface area contributed by atoms with Crippen LogP contribution < -0.4 is 0 Å². The minimum absolute atomic E-state index is 0.180. The molecule has 0 radical (unpaired) electrons. The minimum Gasteiger partial charge on any atom is -0.468 e. The van der Waals surface area contributed by atoms with E-state index in [0.717, 1.165) is 5.69 Å². The van der Waals surface area contributed by atoms with Crippen LogP contribution in [0, 0.1) is 17.1 Å². The van der Waals surface area contributed by atoms with Gasteiger partial charge in [-0.15, -0.1) is 11.2 Å². The summed E-state index contributed by atoms with van der Waals surface area (Å²) in [4.78, 5) is 4.64. The molecule has 1 atom stereocenters. The highest BCUT2D eigenvalue weighted by atomic mass is 32.4. The fraction of sp³-hybridized carbons (Fsp3) is 0.550. The Morgan fingerprint density at radius 3 is 2.46 bits per heavy atom. The quantitative estimate of drug-likeness (QED) is 0.275. The molecule has 130 valence electrons. The van der Waals surface area contributed by atoms with Crippen molar-refractivity contribution in [3.8, 4) is 11.2 Å². The van der Waals surface area contributed by atoms with Crippen LogP contribution in [0.3, 0.4) is 0 Å². The van der Waals surface area contributed by atoms with Gasteiger partial charge in [-0.1, -0.05) is 57.1 Å². The molecule has 0 amide bonds. The van der Waals surface area contributed by atoms with E-state index < -0.39 is 7.22 Å². The first-order chi connectivity index (χ1) is 11.4. The van der Waals surface area contributed by atoms with Crippen molar-refractivity contribution in [3.05, 3.63) is 30.3 Å². The molecular weight excluding hydrogens is 330 g/mol. The Kier molecular flexibility index (Phi) is 7.45. The van der Waals surface area contributed by atoms with Crippen LogP contribution in [0.4, 0.5) is 5.69 Å². The Morgan fingerprint density at radius 2 is 1.83 bits per heavy atom. The van der Waals surface area contributed by atoms with Gasteiger partial charge in [-0.05, 0) is 43.1 Å². The topological polar surface area (TPSA) is 21.6 Å². The van der Waals surface area contributed by atoms with Gasteiger partial charge >= 0.3 is 0 Å². The molecule has 0 aromatic heterocycles. The molecule has 24 heavy (non-hydrogen) atoms. The lowest BCUT2D eigenvalue weighted by atomic mass is 9.86. The van der Waals surface area contributed by atoms with Crippen LogP contribution in [0.1, 0.15) is 39.0 Å². The molecule has 1 aliphatic carbocycles. The molecule has 1 fully saturated rings. The third-order valence-electron chi connectivity index (χ3n) is 4.11. The molecule has 2 nitrogen and oxygen atoms in total. The smallest absolute Gasteiger partial charge is 0.269 e. The monoisotopic (exact) mass is 359 g/mol. The van der Waals surface area contributed by atoms with E-state index in [1.54, 1.807) is 11.2 Å². The number of nitrogens with zero attached hydrogens (tertiary/aromatic N) is 1. The zero-order valence-corrected chi connectivity index (χ0v) is 17.2. The normalized spacial score (nSPS) is 17.8. The molecule has 0 heterocycles. The molecule has 1 aromatic carbocycles. The predicted molar refractivity (Wildman–Crippen MR) is 109 cm³/mol. The molecule has 0 spiro atoms. The average molecular weight is 360 g/mol. The van der Waals surface area contributed by atoms with Crippen LogP contribution in [0.2, 0.25) is 19.6 Å². The van der Waals surface area contributed by atoms with Crippen molar-refractivity contribution in [2.24, 2.45) is 10.9 Å². The molecule has 0 aliphatic heterocycles. The van der Waals surface area contributed by atoms with Crippen LogP contribution >= 0.6 is 11.2 Å². The Balaban J connectivity index is 2.11. The second-order valence-electron chi connectivity index (χ2n) is 7.42. The SMILES string of the molecule is CC(OC(C#CS[Si](C)(C)C)=Nc1ccccc1)C1CCCCC1. The highest BCUT2D eigenvalue weighted by Crippen LogP contribution is 2.28. The van der Waals surface area contributed by atoms with Gasteiger partial charge in [0.2, 0.25) is 0 Å². The first kappa shape index (κ1) is 19.1. The lowest BCUT2D eigenvalue weighted by Gasteiger charge is -2.27. The summed E-state index contributed by atoms with van der Waals surface area (Å²) < 4.78 is 6.19. The lowest BCUT2D eigenvalue weighted by molar-refractivity contribution is 0.115. The zero-order valence-electron chi connectivity index (χ0n) is 15.3. The number of hydrogen-bond donors (Lipinski definition) is 0. The van der Waals surface area contributed by atoms with Gasteiger partial charge in [0.15, 0.2) is 0 Å². The van der Waals surface area contributed by atoms with Crippen molar-refractivity contribution in [2.75, 3.05) is 0 Å². The van der Waals surface area contributed by atoms with Crippen molar-refractivity contribution in [2.45, 2.75) is 64.8 Å². The molecule has 1 unspecified atom stereocenters. The van der Waals surface area contributed by atoms with Gasteiger partial charge in [-0.25, -0.2) is 4.99 Å². The maximum atomic E-state index is 6.19. The molecule has 1 aliphatic rings. The molecule has 4 heteroatoms. The molecular formula is C20H29NOSSi. The number of para-hydroxylation sites is 1. The Morgan fingerprint density at radius 1 is 1.17 bits per heavy atom. The van der Waals surface area contributed by atoms with Gasteiger partial charge in [0.05, 0.1) is 5.69 Å². The Hall–Kier alpha value is -1.18. The van der Waals surface area contributed by atoms with Crippen LogP contribution in [0.5, 0.6) is 0 Å². The third kappa shape index (κ3) is 7.15. The van der Waals surface area contributed by atoms with E-state index in [1.807, 2.05) is 30.3 Å². The first-order valence-electron chi connectivity index (χ1n) is 8.93.